The van der Waals surface area contributed by atoms with E-state index in [9.17, 15) is 4.79 Å². The van der Waals surface area contributed by atoms with Crippen LogP contribution in [0.3, 0.4) is 0 Å². The summed E-state index contributed by atoms with van der Waals surface area (Å²) in [7, 11) is 1.33. The number of ether oxygens (including phenoxy) is 1. The first-order valence-corrected chi connectivity index (χ1v) is 3.34. The summed E-state index contributed by atoms with van der Waals surface area (Å²) in [6, 6.07) is 1.34. The molecule has 1 N–H and O–H groups in total. The number of rotatable bonds is 2. The molecule has 66 valence electrons. The van der Waals surface area contributed by atoms with Crippen LogP contribution in [-0.2, 0) is 0 Å². The molecule has 1 heterocycles. The predicted octanol–water partition coefficient (Wildman–Crippen LogP) is 1.34. The highest BCUT2D eigenvalue weighted by Gasteiger charge is 2.12. The number of nitrogens with zero attached hydrogens (tertiary/aromatic N) is 2. The zero-order valence-corrected chi connectivity index (χ0v) is 6.81. The highest BCUT2D eigenvalue weighted by Crippen LogP contribution is 2.22. The van der Waals surface area contributed by atoms with Crippen molar-refractivity contribution in [3.8, 4) is 5.75 Å². The van der Waals surface area contributed by atoms with Gasteiger partial charge in [-0.25, -0.2) is 9.64 Å². The van der Waals surface area contributed by atoms with E-state index in [0.717, 1.165) is 0 Å². The fourth-order valence-corrected chi connectivity index (χ4v) is 0.812. The van der Waals surface area contributed by atoms with E-state index in [1.165, 1.54) is 19.4 Å². The fraction of sp³-hybridized carbons (Fsp3) is 0.125. The number of hydrogen-bond donors (Lipinski definition) is 1. The second-order valence-corrected chi connectivity index (χ2v) is 2.16. The fourth-order valence-electron chi connectivity index (χ4n) is 0.812. The lowest BCUT2D eigenvalue weighted by molar-refractivity contribution is 0.0686. The van der Waals surface area contributed by atoms with E-state index in [1.54, 1.807) is 0 Å². The smallest absolute Gasteiger partial charge is 0.358 e. The number of hydrogen-bond acceptors (Lipinski definition) is 3. The van der Waals surface area contributed by atoms with Gasteiger partial charge in [-0.1, -0.05) is 0 Å². The molecule has 0 radical (unpaired) electrons. The van der Waals surface area contributed by atoms with E-state index >= 15 is 0 Å². The van der Waals surface area contributed by atoms with Crippen LogP contribution in [0.4, 0.5) is 5.69 Å². The zero-order valence-electron chi connectivity index (χ0n) is 6.81. The van der Waals surface area contributed by atoms with Crippen molar-refractivity contribution < 1.29 is 14.6 Å². The number of carboxylic acids is 1. The molecule has 0 fully saturated rings. The Kier molecular flexibility index (Phi) is 2.45. The summed E-state index contributed by atoms with van der Waals surface area (Å²) in [5, 5.41) is 8.64. The normalized spacial score (nSPS) is 8.92. The van der Waals surface area contributed by atoms with Gasteiger partial charge in [0.2, 0.25) is 5.69 Å². The third kappa shape index (κ3) is 1.73. The third-order valence-electron chi connectivity index (χ3n) is 1.39. The molecule has 0 saturated heterocycles. The molecule has 0 aliphatic carbocycles. The molecule has 1 aromatic heterocycles. The molecule has 0 spiro atoms. The number of carboxylic acid groups (broad SMARTS) is 1. The Balaban J connectivity index is 3.25. The lowest BCUT2D eigenvalue weighted by atomic mass is 10.3. The first-order chi connectivity index (χ1) is 6.19. The average Bonchev–Trinajstić information content (AvgIpc) is 2.16. The second kappa shape index (κ2) is 3.54. The Morgan fingerprint density at radius 2 is 2.46 bits per heavy atom. The maximum absolute atomic E-state index is 10.6. The third-order valence-corrected chi connectivity index (χ3v) is 1.39. The van der Waals surface area contributed by atoms with Crippen LogP contribution in [0.2, 0.25) is 0 Å². The van der Waals surface area contributed by atoms with Crippen LogP contribution in [0.1, 0.15) is 10.5 Å². The summed E-state index contributed by atoms with van der Waals surface area (Å²) < 4.78 is 4.76. The van der Waals surface area contributed by atoms with Crippen LogP contribution in [0.15, 0.2) is 12.3 Å². The van der Waals surface area contributed by atoms with Crippen molar-refractivity contribution in [1.82, 2.24) is 4.98 Å². The summed E-state index contributed by atoms with van der Waals surface area (Å²) in [6.45, 7) is 6.68. The van der Waals surface area contributed by atoms with Crippen molar-refractivity contribution in [3.05, 3.63) is 29.4 Å². The maximum Gasteiger partial charge on any atom is 0.358 e. The molecule has 0 unspecified atom stereocenters. The van der Waals surface area contributed by atoms with Crippen LogP contribution >= 0.6 is 0 Å². The lowest BCUT2D eigenvalue weighted by Gasteiger charge is -2.02. The van der Waals surface area contributed by atoms with Crippen LogP contribution in [-0.4, -0.2) is 23.2 Å². The number of pyridine rings is 1. The van der Waals surface area contributed by atoms with Gasteiger partial charge in [0.25, 0.3) is 0 Å². The van der Waals surface area contributed by atoms with E-state index in [1.807, 2.05) is 0 Å². The Labute approximate surface area is 74.4 Å². The van der Waals surface area contributed by atoms with Crippen LogP contribution < -0.4 is 4.74 Å². The Morgan fingerprint density at radius 3 is 2.92 bits per heavy atom. The molecule has 5 nitrogen and oxygen atoms in total. The van der Waals surface area contributed by atoms with Crippen molar-refractivity contribution >= 4 is 11.7 Å². The van der Waals surface area contributed by atoms with Crippen molar-refractivity contribution in [1.29, 1.82) is 0 Å². The SMILES string of the molecule is [C-]#[N+]c1cnc(C(=O)O)c(OC)c1. The van der Waals surface area contributed by atoms with Gasteiger partial charge >= 0.3 is 5.97 Å². The lowest BCUT2D eigenvalue weighted by Crippen LogP contribution is -2.02. The molecule has 13 heavy (non-hydrogen) atoms. The molecule has 1 rings (SSSR count). The predicted molar refractivity (Wildman–Crippen MR) is 44.0 cm³/mol. The van der Waals surface area contributed by atoms with E-state index in [0.29, 0.717) is 0 Å². The topological polar surface area (TPSA) is 63.8 Å². The molecule has 0 saturated carbocycles. The first kappa shape index (κ1) is 9.00. The summed E-state index contributed by atoms with van der Waals surface area (Å²) in [5.41, 5.74) is 0.0664. The Bertz CT molecular complexity index is 381. The van der Waals surface area contributed by atoms with Gasteiger partial charge < -0.3 is 9.84 Å². The van der Waals surface area contributed by atoms with Gasteiger partial charge in [-0.05, 0) is 6.07 Å². The van der Waals surface area contributed by atoms with Gasteiger partial charge in [-0.15, -0.1) is 0 Å². The van der Waals surface area contributed by atoms with Gasteiger partial charge in [0, 0.05) is 6.20 Å². The highest BCUT2D eigenvalue weighted by molar-refractivity contribution is 5.89. The minimum Gasteiger partial charge on any atom is -0.496 e. The Hall–Kier alpha value is -2.09. The minimum atomic E-state index is -1.17. The summed E-state index contributed by atoms with van der Waals surface area (Å²) in [6.07, 6.45) is 1.19. The average molecular weight is 178 g/mol. The van der Waals surface area contributed by atoms with Gasteiger partial charge in [-0.2, -0.15) is 0 Å². The number of aromatic carboxylic acids is 1. The van der Waals surface area contributed by atoms with Crippen molar-refractivity contribution in [2.75, 3.05) is 7.11 Å². The number of carbonyl (C=O) groups is 1. The van der Waals surface area contributed by atoms with Gasteiger partial charge in [0.05, 0.1) is 13.7 Å². The van der Waals surface area contributed by atoms with Gasteiger partial charge in [0.1, 0.15) is 5.75 Å². The summed E-state index contributed by atoms with van der Waals surface area (Å²) in [4.78, 5) is 17.2. The van der Waals surface area contributed by atoms with Crippen LogP contribution in [0.25, 0.3) is 4.85 Å². The molecule has 0 aliphatic heterocycles. The quantitative estimate of drug-likeness (QED) is 0.694. The molecular formula is C8H6N2O3. The van der Waals surface area contributed by atoms with Crippen molar-refractivity contribution in [3.63, 3.8) is 0 Å². The Morgan fingerprint density at radius 1 is 1.77 bits per heavy atom. The van der Waals surface area contributed by atoms with Crippen LogP contribution in [0.5, 0.6) is 5.75 Å². The van der Waals surface area contributed by atoms with Gasteiger partial charge in [0.15, 0.2) is 5.69 Å². The molecule has 0 amide bonds. The first-order valence-electron chi connectivity index (χ1n) is 3.34. The minimum absolute atomic E-state index is 0.0981. The molecule has 0 aromatic carbocycles. The largest absolute Gasteiger partial charge is 0.496 e. The van der Waals surface area contributed by atoms with E-state index in [4.69, 9.17) is 16.4 Å². The summed E-state index contributed by atoms with van der Waals surface area (Å²) >= 11 is 0. The summed E-state index contributed by atoms with van der Waals surface area (Å²) in [5.74, 6) is -1.07. The van der Waals surface area contributed by atoms with E-state index in [-0.39, 0.29) is 17.1 Å². The van der Waals surface area contributed by atoms with Crippen LogP contribution in [0, 0.1) is 6.57 Å². The molecule has 0 atom stereocenters. The van der Waals surface area contributed by atoms with Crippen molar-refractivity contribution in [2.24, 2.45) is 0 Å². The molecule has 5 heteroatoms. The van der Waals surface area contributed by atoms with E-state index in [2.05, 4.69) is 9.83 Å². The molecule has 0 bridgehead atoms. The molecular weight excluding hydrogens is 172 g/mol. The van der Waals surface area contributed by atoms with Gasteiger partial charge in [-0.3, -0.25) is 4.98 Å². The number of methoxy groups -OCH3 is 1. The number of aromatic nitrogens is 1. The standard InChI is InChI=1S/C8H6N2O3/c1-9-5-3-6(13-2)7(8(11)12)10-4-5/h3-4H,2H3,(H,11,12). The monoisotopic (exact) mass is 178 g/mol. The highest BCUT2D eigenvalue weighted by atomic mass is 16.5. The maximum atomic E-state index is 10.6. The second-order valence-electron chi connectivity index (χ2n) is 2.16. The van der Waals surface area contributed by atoms with Crippen molar-refractivity contribution in [2.45, 2.75) is 0 Å². The molecule has 0 aliphatic rings. The zero-order chi connectivity index (χ0) is 9.84. The molecule has 1 aromatic rings. The van der Waals surface area contributed by atoms with E-state index < -0.39 is 5.97 Å².